The van der Waals surface area contributed by atoms with Crippen molar-refractivity contribution in [2.24, 2.45) is 0 Å². The molecule has 96 valence electrons. The number of carbonyl (C=O) groups is 1. The van der Waals surface area contributed by atoms with E-state index >= 15 is 0 Å². The Morgan fingerprint density at radius 1 is 1.28 bits per heavy atom. The molecule has 5 heteroatoms. The Hall–Kier alpha value is -1.45. The fourth-order valence-corrected chi connectivity index (χ4v) is 1.68. The lowest BCUT2D eigenvalue weighted by Crippen LogP contribution is -2.35. The number of carbonyl (C=O) groups excluding carboxylic acids is 1. The third-order valence-electron chi connectivity index (χ3n) is 2.16. The lowest BCUT2D eigenvalue weighted by molar-refractivity contribution is 0.222. The normalized spacial score (nSPS) is 9.67. The highest BCUT2D eigenvalue weighted by Gasteiger charge is 2.12. The Labute approximate surface area is 117 Å². The third-order valence-corrected chi connectivity index (χ3v) is 2.72. The second kappa shape index (κ2) is 7.09. The van der Waals surface area contributed by atoms with Gasteiger partial charge in [0.1, 0.15) is 0 Å². The lowest BCUT2D eigenvalue weighted by atomic mass is 10.3. The molecule has 1 N–H and O–H groups in total. The minimum atomic E-state index is -0.279. The number of nitrogens with one attached hydrogen (secondary N) is 1. The average Bonchev–Trinajstić information content (AvgIpc) is 2.33. The quantitative estimate of drug-likeness (QED) is 0.808. The fourth-order valence-electron chi connectivity index (χ4n) is 1.34. The van der Waals surface area contributed by atoms with Crippen LogP contribution in [-0.4, -0.2) is 24.0 Å². The van der Waals surface area contributed by atoms with Gasteiger partial charge < -0.3 is 10.2 Å². The molecule has 0 saturated heterocycles. The summed E-state index contributed by atoms with van der Waals surface area (Å²) in [6.07, 6.45) is 3.28. The van der Waals surface area contributed by atoms with Crippen molar-refractivity contribution in [3.63, 3.8) is 0 Å². The van der Waals surface area contributed by atoms with Crippen LogP contribution in [0.15, 0.2) is 43.5 Å². The molecule has 0 spiro atoms. The Bertz CT molecular complexity index is 450. The van der Waals surface area contributed by atoms with Crippen LogP contribution in [0.2, 0.25) is 10.0 Å². The molecule has 0 radical (unpaired) electrons. The zero-order valence-corrected chi connectivity index (χ0v) is 11.3. The van der Waals surface area contributed by atoms with E-state index in [0.29, 0.717) is 28.8 Å². The molecule has 0 aliphatic heterocycles. The zero-order valence-electron chi connectivity index (χ0n) is 9.83. The summed E-state index contributed by atoms with van der Waals surface area (Å²) < 4.78 is 0. The van der Waals surface area contributed by atoms with Crippen molar-refractivity contribution in [3.8, 4) is 0 Å². The van der Waals surface area contributed by atoms with Crippen molar-refractivity contribution in [1.82, 2.24) is 4.90 Å². The number of hydrogen-bond donors (Lipinski definition) is 1. The van der Waals surface area contributed by atoms with Crippen LogP contribution in [0, 0.1) is 0 Å². The third kappa shape index (κ3) is 4.09. The van der Waals surface area contributed by atoms with Crippen LogP contribution < -0.4 is 5.32 Å². The molecule has 18 heavy (non-hydrogen) atoms. The Morgan fingerprint density at radius 3 is 2.44 bits per heavy atom. The first-order valence-electron chi connectivity index (χ1n) is 5.31. The number of benzene rings is 1. The van der Waals surface area contributed by atoms with E-state index in [9.17, 15) is 4.79 Å². The molecular weight excluding hydrogens is 271 g/mol. The Kier molecular flexibility index (Phi) is 5.75. The number of nitrogens with zero attached hydrogens (tertiary/aromatic N) is 1. The van der Waals surface area contributed by atoms with Crippen LogP contribution >= 0.6 is 23.2 Å². The van der Waals surface area contributed by atoms with Gasteiger partial charge >= 0.3 is 6.03 Å². The van der Waals surface area contributed by atoms with Gasteiger partial charge in [-0.2, -0.15) is 0 Å². The molecule has 0 heterocycles. The van der Waals surface area contributed by atoms with E-state index in [2.05, 4.69) is 18.5 Å². The summed E-state index contributed by atoms with van der Waals surface area (Å²) in [7, 11) is 0. The van der Waals surface area contributed by atoms with Gasteiger partial charge in [-0.25, -0.2) is 4.79 Å². The number of halogens is 2. The molecule has 1 aromatic rings. The predicted molar refractivity (Wildman–Crippen MR) is 77.4 cm³/mol. The van der Waals surface area contributed by atoms with Crippen LogP contribution in [0.1, 0.15) is 0 Å². The van der Waals surface area contributed by atoms with E-state index in [0.717, 1.165) is 0 Å². The molecule has 0 atom stereocenters. The first-order chi connectivity index (χ1) is 8.58. The molecule has 3 nitrogen and oxygen atoms in total. The molecule has 1 rings (SSSR count). The van der Waals surface area contributed by atoms with Crippen molar-refractivity contribution >= 4 is 34.9 Å². The highest BCUT2D eigenvalue weighted by atomic mass is 35.5. The molecule has 0 saturated carbocycles. The summed E-state index contributed by atoms with van der Waals surface area (Å²) in [5.41, 5.74) is 0.479. The Morgan fingerprint density at radius 2 is 1.89 bits per heavy atom. The minimum absolute atomic E-state index is 0.279. The number of rotatable bonds is 5. The molecule has 0 aliphatic carbocycles. The first kappa shape index (κ1) is 14.6. The molecular formula is C13H14Cl2N2O. The van der Waals surface area contributed by atoms with Gasteiger partial charge in [-0.1, -0.05) is 35.4 Å². The van der Waals surface area contributed by atoms with Crippen LogP contribution in [0.3, 0.4) is 0 Å². The van der Waals surface area contributed by atoms with Gasteiger partial charge in [-0.3, -0.25) is 0 Å². The molecule has 1 aromatic carbocycles. The average molecular weight is 285 g/mol. The number of urea groups is 1. The van der Waals surface area contributed by atoms with Gasteiger partial charge in [0.05, 0.1) is 10.7 Å². The maximum atomic E-state index is 12.0. The van der Waals surface area contributed by atoms with E-state index in [-0.39, 0.29) is 6.03 Å². The smallest absolute Gasteiger partial charge is 0.317 e. The van der Waals surface area contributed by atoms with Crippen molar-refractivity contribution in [3.05, 3.63) is 53.6 Å². The van der Waals surface area contributed by atoms with Gasteiger partial charge in [0.25, 0.3) is 0 Å². The van der Waals surface area contributed by atoms with E-state index in [4.69, 9.17) is 23.2 Å². The minimum Gasteiger partial charge on any atom is -0.317 e. The Balaban J connectivity index is 2.81. The molecule has 0 unspecified atom stereocenters. The first-order valence-corrected chi connectivity index (χ1v) is 6.07. The predicted octanol–water partition coefficient (Wildman–Crippen LogP) is 4.20. The van der Waals surface area contributed by atoms with Crippen LogP contribution in [0.5, 0.6) is 0 Å². The summed E-state index contributed by atoms with van der Waals surface area (Å²) in [4.78, 5) is 13.5. The summed E-state index contributed by atoms with van der Waals surface area (Å²) in [5, 5.41) is 3.64. The molecule has 2 amide bonds. The van der Waals surface area contributed by atoms with Crippen molar-refractivity contribution in [1.29, 1.82) is 0 Å². The summed E-state index contributed by atoms with van der Waals surface area (Å²) in [6, 6.07) is 4.61. The van der Waals surface area contributed by atoms with Gasteiger partial charge in [0.15, 0.2) is 0 Å². The van der Waals surface area contributed by atoms with Crippen molar-refractivity contribution in [2.75, 3.05) is 18.4 Å². The number of hydrogen-bond acceptors (Lipinski definition) is 1. The molecule has 0 fully saturated rings. The van der Waals surface area contributed by atoms with Crippen LogP contribution in [-0.2, 0) is 0 Å². The van der Waals surface area contributed by atoms with Gasteiger partial charge in [-0.15, -0.1) is 13.2 Å². The monoisotopic (exact) mass is 284 g/mol. The summed E-state index contributed by atoms with van der Waals surface area (Å²) in [6.45, 7) is 8.05. The van der Waals surface area contributed by atoms with Crippen LogP contribution in [0.4, 0.5) is 10.5 Å². The standard InChI is InChI=1S/C13H14Cl2N2O/c1-3-7-17(8-4-2)13(18)16-12-9-10(14)5-6-11(12)15/h3-6,9H,1-2,7-8H2,(H,16,18). The van der Waals surface area contributed by atoms with Gasteiger partial charge in [-0.05, 0) is 18.2 Å². The van der Waals surface area contributed by atoms with Gasteiger partial charge in [0, 0.05) is 18.1 Å². The van der Waals surface area contributed by atoms with Crippen LogP contribution in [0.25, 0.3) is 0 Å². The zero-order chi connectivity index (χ0) is 13.5. The summed E-state index contributed by atoms with van der Waals surface area (Å²) >= 11 is 11.8. The largest absolute Gasteiger partial charge is 0.322 e. The highest BCUT2D eigenvalue weighted by molar-refractivity contribution is 6.35. The topological polar surface area (TPSA) is 32.3 Å². The van der Waals surface area contributed by atoms with Crippen molar-refractivity contribution in [2.45, 2.75) is 0 Å². The number of anilines is 1. The second-order valence-corrected chi connectivity index (χ2v) is 4.38. The maximum absolute atomic E-state index is 12.0. The van der Waals surface area contributed by atoms with E-state index < -0.39 is 0 Å². The maximum Gasteiger partial charge on any atom is 0.322 e. The molecule has 0 aromatic heterocycles. The highest BCUT2D eigenvalue weighted by Crippen LogP contribution is 2.25. The van der Waals surface area contributed by atoms with Crippen molar-refractivity contribution < 1.29 is 4.79 Å². The fraction of sp³-hybridized carbons (Fsp3) is 0.154. The van der Waals surface area contributed by atoms with E-state index in [1.54, 1.807) is 30.4 Å². The van der Waals surface area contributed by atoms with E-state index in [1.807, 2.05) is 0 Å². The van der Waals surface area contributed by atoms with Gasteiger partial charge in [0.2, 0.25) is 0 Å². The summed E-state index contributed by atoms with van der Waals surface area (Å²) in [5.74, 6) is 0. The van der Waals surface area contributed by atoms with E-state index in [1.165, 1.54) is 4.90 Å². The second-order valence-electron chi connectivity index (χ2n) is 3.54. The SMILES string of the molecule is C=CCN(CC=C)C(=O)Nc1cc(Cl)ccc1Cl. The molecule has 0 bridgehead atoms. The molecule has 0 aliphatic rings. The number of amides is 2. The lowest BCUT2D eigenvalue weighted by Gasteiger charge is -2.20.